The van der Waals surface area contributed by atoms with E-state index in [1.165, 1.54) is 4.90 Å². The Morgan fingerprint density at radius 2 is 1.87 bits per heavy atom. The first kappa shape index (κ1) is 17.4. The highest BCUT2D eigenvalue weighted by Crippen LogP contribution is 2.26. The van der Waals surface area contributed by atoms with E-state index < -0.39 is 29.8 Å². The van der Waals surface area contributed by atoms with Crippen LogP contribution in [0.1, 0.15) is 27.2 Å². The topological polar surface area (TPSA) is 76.1 Å². The maximum atomic E-state index is 12.2. The van der Waals surface area contributed by atoms with Gasteiger partial charge < -0.3 is 14.6 Å². The second-order valence-electron chi connectivity index (χ2n) is 6.42. The summed E-state index contributed by atoms with van der Waals surface area (Å²) < 4.78 is 11.0. The molecule has 1 aliphatic rings. The van der Waals surface area contributed by atoms with E-state index in [1.807, 2.05) is 0 Å². The van der Waals surface area contributed by atoms with Gasteiger partial charge in [0.15, 0.2) is 0 Å². The predicted octanol–water partition coefficient (Wildman–Crippen LogP) is 3.18. The molecule has 2 rings (SSSR count). The predicted molar refractivity (Wildman–Crippen MR) is 84.8 cm³/mol. The van der Waals surface area contributed by atoms with Crippen molar-refractivity contribution in [2.24, 2.45) is 0 Å². The van der Waals surface area contributed by atoms with Crippen LogP contribution in [0.4, 0.5) is 4.79 Å². The number of rotatable bonds is 3. The maximum absolute atomic E-state index is 12.2. The average molecular weight is 342 g/mol. The SMILES string of the molecule is CC(C)(C)OC(=O)N1C[C@H](Oc2ccc(Cl)cc2)C[C@@H]1C(=O)O. The third kappa shape index (κ3) is 4.76. The van der Waals surface area contributed by atoms with Gasteiger partial charge in [-0.2, -0.15) is 0 Å². The van der Waals surface area contributed by atoms with Crippen LogP contribution in [0.3, 0.4) is 0 Å². The molecule has 0 bridgehead atoms. The second kappa shape index (κ2) is 6.66. The van der Waals surface area contributed by atoms with Crippen LogP contribution in [0.5, 0.6) is 5.75 Å². The third-order valence-electron chi connectivity index (χ3n) is 3.29. The first-order valence-electron chi connectivity index (χ1n) is 7.30. The number of carbonyl (C=O) groups is 2. The fourth-order valence-electron chi connectivity index (χ4n) is 2.34. The number of aliphatic carboxylic acids is 1. The lowest BCUT2D eigenvalue weighted by Crippen LogP contribution is -2.43. The highest BCUT2D eigenvalue weighted by atomic mass is 35.5. The molecule has 6 nitrogen and oxygen atoms in total. The minimum atomic E-state index is -1.07. The standard InChI is InChI=1S/C16H20ClNO5/c1-16(2,3)23-15(21)18-9-12(8-13(18)14(19)20)22-11-6-4-10(17)5-7-11/h4-7,12-13H,8-9H2,1-3H3,(H,19,20)/t12-,13-/m1/s1. The van der Waals surface area contributed by atoms with Crippen molar-refractivity contribution in [3.8, 4) is 5.75 Å². The Bertz CT molecular complexity index is 581. The molecule has 1 aromatic carbocycles. The minimum Gasteiger partial charge on any atom is -0.488 e. The summed E-state index contributed by atoms with van der Waals surface area (Å²) >= 11 is 5.82. The molecule has 0 spiro atoms. The summed E-state index contributed by atoms with van der Waals surface area (Å²) in [6, 6.07) is 5.82. The van der Waals surface area contributed by atoms with Gasteiger partial charge in [-0.25, -0.2) is 9.59 Å². The third-order valence-corrected chi connectivity index (χ3v) is 3.54. The number of amides is 1. The van der Waals surface area contributed by atoms with Crippen molar-refractivity contribution in [1.82, 2.24) is 4.90 Å². The van der Waals surface area contributed by atoms with Crippen molar-refractivity contribution in [3.63, 3.8) is 0 Å². The maximum Gasteiger partial charge on any atom is 0.411 e. The zero-order chi connectivity index (χ0) is 17.2. The molecule has 7 heteroatoms. The van der Waals surface area contributed by atoms with Gasteiger partial charge in [0.25, 0.3) is 0 Å². The van der Waals surface area contributed by atoms with E-state index in [9.17, 15) is 14.7 Å². The molecular formula is C16H20ClNO5. The number of ether oxygens (including phenoxy) is 2. The summed E-state index contributed by atoms with van der Waals surface area (Å²) in [5, 5.41) is 9.91. The van der Waals surface area contributed by atoms with Crippen LogP contribution in [0.25, 0.3) is 0 Å². The fourth-order valence-corrected chi connectivity index (χ4v) is 2.47. The van der Waals surface area contributed by atoms with E-state index in [2.05, 4.69) is 0 Å². The monoisotopic (exact) mass is 341 g/mol. The zero-order valence-corrected chi connectivity index (χ0v) is 14.0. The quantitative estimate of drug-likeness (QED) is 0.913. The summed E-state index contributed by atoms with van der Waals surface area (Å²) in [5.74, 6) is -0.493. The van der Waals surface area contributed by atoms with Crippen LogP contribution in [-0.4, -0.2) is 46.4 Å². The van der Waals surface area contributed by atoms with Gasteiger partial charge in [-0.05, 0) is 45.0 Å². The summed E-state index contributed by atoms with van der Waals surface area (Å²) in [6.07, 6.45) is -0.853. The molecule has 1 aromatic rings. The normalized spacial score (nSPS) is 21.1. The van der Waals surface area contributed by atoms with Crippen LogP contribution in [0.15, 0.2) is 24.3 Å². The van der Waals surface area contributed by atoms with Gasteiger partial charge in [-0.15, -0.1) is 0 Å². The van der Waals surface area contributed by atoms with Gasteiger partial charge in [0.05, 0.1) is 6.54 Å². The Labute approximate surface area is 139 Å². The molecule has 1 aliphatic heterocycles. The number of nitrogens with zero attached hydrogens (tertiary/aromatic N) is 1. The summed E-state index contributed by atoms with van der Waals surface area (Å²) in [5.41, 5.74) is -0.685. The Morgan fingerprint density at radius 1 is 1.26 bits per heavy atom. The number of halogens is 1. The van der Waals surface area contributed by atoms with E-state index in [1.54, 1.807) is 45.0 Å². The summed E-state index contributed by atoms with van der Waals surface area (Å²) in [4.78, 5) is 24.8. The Kier molecular flexibility index (Phi) is 5.04. The van der Waals surface area contributed by atoms with Crippen molar-refractivity contribution < 1.29 is 24.2 Å². The van der Waals surface area contributed by atoms with Crippen LogP contribution < -0.4 is 4.74 Å². The highest BCUT2D eigenvalue weighted by Gasteiger charge is 2.42. The van der Waals surface area contributed by atoms with Gasteiger partial charge in [0.1, 0.15) is 23.5 Å². The second-order valence-corrected chi connectivity index (χ2v) is 6.85. The van der Waals surface area contributed by atoms with Crippen molar-refractivity contribution in [2.75, 3.05) is 6.54 Å². The smallest absolute Gasteiger partial charge is 0.411 e. The van der Waals surface area contributed by atoms with Crippen molar-refractivity contribution in [1.29, 1.82) is 0 Å². The number of carboxylic acids is 1. The Morgan fingerprint density at radius 3 is 2.39 bits per heavy atom. The molecule has 0 saturated carbocycles. The zero-order valence-electron chi connectivity index (χ0n) is 13.3. The van der Waals surface area contributed by atoms with E-state index in [-0.39, 0.29) is 13.0 Å². The first-order valence-corrected chi connectivity index (χ1v) is 7.68. The van der Waals surface area contributed by atoms with Crippen LogP contribution in [0, 0.1) is 0 Å². The van der Waals surface area contributed by atoms with Gasteiger partial charge >= 0.3 is 12.1 Å². The van der Waals surface area contributed by atoms with Gasteiger partial charge in [-0.1, -0.05) is 11.6 Å². The van der Waals surface area contributed by atoms with Crippen molar-refractivity contribution in [2.45, 2.75) is 44.9 Å². The molecule has 23 heavy (non-hydrogen) atoms. The summed E-state index contributed by atoms with van der Waals surface area (Å²) in [6.45, 7) is 5.36. The number of hydrogen-bond donors (Lipinski definition) is 1. The number of carboxylic acid groups (broad SMARTS) is 1. The number of hydrogen-bond acceptors (Lipinski definition) is 4. The van der Waals surface area contributed by atoms with Crippen LogP contribution in [-0.2, 0) is 9.53 Å². The molecule has 0 radical (unpaired) electrons. The van der Waals surface area contributed by atoms with Gasteiger partial charge in [0, 0.05) is 11.4 Å². The molecule has 1 heterocycles. The van der Waals surface area contributed by atoms with E-state index in [0.717, 1.165) is 0 Å². The summed E-state index contributed by atoms with van der Waals surface area (Å²) in [7, 11) is 0. The molecule has 1 amide bonds. The molecule has 0 unspecified atom stereocenters. The number of likely N-dealkylation sites (tertiary alicyclic amines) is 1. The van der Waals surface area contributed by atoms with Crippen LogP contribution >= 0.6 is 11.6 Å². The van der Waals surface area contributed by atoms with Crippen LogP contribution in [0.2, 0.25) is 5.02 Å². The lowest BCUT2D eigenvalue weighted by molar-refractivity contribution is -0.142. The fraction of sp³-hybridized carbons (Fsp3) is 0.500. The van der Waals surface area contributed by atoms with E-state index in [4.69, 9.17) is 21.1 Å². The molecule has 126 valence electrons. The van der Waals surface area contributed by atoms with E-state index in [0.29, 0.717) is 10.8 Å². The Hall–Kier alpha value is -1.95. The molecule has 1 saturated heterocycles. The lowest BCUT2D eigenvalue weighted by atomic mass is 10.2. The number of benzene rings is 1. The minimum absolute atomic E-state index is 0.161. The highest BCUT2D eigenvalue weighted by molar-refractivity contribution is 6.30. The molecule has 1 fully saturated rings. The number of carbonyl (C=O) groups excluding carboxylic acids is 1. The average Bonchev–Trinajstić information content (AvgIpc) is 2.84. The molecule has 1 N–H and O–H groups in total. The lowest BCUT2D eigenvalue weighted by Gasteiger charge is -2.26. The Balaban J connectivity index is 2.06. The molecular weight excluding hydrogens is 322 g/mol. The van der Waals surface area contributed by atoms with E-state index >= 15 is 0 Å². The molecule has 0 aliphatic carbocycles. The largest absolute Gasteiger partial charge is 0.488 e. The van der Waals surface area contributed by atoms with Crippen molar-refractivity contribution in [3.05, 3.63) is 29.3 Å². The molecule has 2 atom stereocenters. The van der Waals surface area contributed by atoms with Gasteiger partial charge in [-0.3, -0.25) is 4.90 Å². The van der Waals surface area contributed by atoms with Crippen molar-refractivity contribution >= 4 is 23.7 Å². The molecule has 0 aromatic heterocycles. The van der Waals surface area contributed by atoms with Gasteiger partial charge in [0.2, 0.25) is 0 Å². The first-order chi connectivity index (χ1) is 10.7.